The minimum atomic E-state index is 0.0816. The lowest BCUT2D eigenvalue weighted by Gasteiger charge is -1.92. The number of nitrogens with zero attached hydrogens (tertiary/aromatic N) is 1. The SMILES string of the molecule is Oc1cnc(Cl)c2cocc12. The quantitative estimate of drug-likeness (QED) is 0.615. The van der Waals surface area contributed by atoms with E-state index in [4.69, 9.17) is 16.0 Å². The molecule has 0 aliphatic carbocycles. The first kappa shape index (κ1) is 6.49. The third-order valence-electron chi connectivity index (χ3n) is 1.46. The van der Waals surface area contributed by atoms with E-state index in [9.17, 15) is 5.11 Å². The normalized spacial score (nSPS) is 10.6. The topological polar surface area (TPSA) is 46.3 Å². The fraction of sp³-hybridized carbons (Fsp3) is 0. The van der Waals surface area contributed by atoms with Gasteiger partial charge in [0.05, 0.1) is 17.0 Å². The minimum Gasteiger partial charge on any atom is -0.506 e. The molecular weight excluding hydrogens is 166 g/mol. The third-order valence-corrected chi connectivity index (χ3v) is 1.76. The summed E-state index contributed by atoms with van der Waals surface area (Å²) in [6.45, 7) is 0. The molecule has 4 heteroatoms. The average molecular weight is 170 g/mol. The summed E-state index contributed by atoms with van der Waals surface area (Å²) in [5.41, 5.74) is 0. The largest absolute Gasteiger partial charge is 0.506 e. The highest BCUT2D eigenvalue weighted by atomic mass is 35.5. The second kappa shape index (κ2) is 2.13. The summed E-state index contributed by atoms with van der Waals surface area (Å²) in [6.07, 6.45) is 4.17. The number of hydrogen-bond donors (Lipinski definition) is 1. The zero-order valence-electron chi connectivity index (χ0n) is 5.41. The number of rotatable bonds is 0. The predicted molar refractivity (Wildman–Crippen MR) is 40.7 cm³/mol. The number of halogens is 1. The molecule has 0 aromatic carbocycles. The maximum Gasteiger partial charge on any atom is 0.145 e. The molecule has 0 saturated heterocycles. The Morgan fingerprint density at radius 2 is 2.09 bits per heavy atom. The molecule has 0 radical (unpaired) electrons. The van der Waals surface area contributed by atoms with Crippen molar-refractivity contribution in [2.24, 2.45) is 0 Å². The van der Waals surface area contributed by atoms with Crippen LogP contribution in [0.25, 0.3) is 10.8 Å². The Labute approximate surface area is 67.2 Å². The summed E-state index contributed by atoms with van der Waals surface area (Å²) in [5.74, 6) is 0.0816. The van der Waals surface area contributed by atoms with Gasteiger partial charge in [-0.05, 0) is 0 Å². The van der Waals surface area contributed by atoms with Crippen molar-refractivity contribution in [3.63, 3.8) is 0 Å². The van der Waals surface area contributed by atoms with Crippen molar-refractivity contribution in [3.05, 3.63) is 23.9 Å². The van der Waals surface area contributed by atoms with E-state index in [-0.39, 0.29) is 5.75 Å². The molecule has 0 fully saturated rings. The van der Waals surface area contributed by atoms with Crippen LogP contribution < -0.4 is 0 Å². The molecule has 0 bridgehead atoms. The molecule has 2 heterocycles. The first-order valence-corrected chi connectivity index (χ1v) is 3.36. The van der Waals surface area contributed by atoms with Gasteiger partial charge in [-0.1, -0.05) is 11.6 Å². The Bertz CT molecular complexity index is 360. The van der Waals surface area contributed by atoms with Crippen molar-refractivity contribution in [1.29, 1.82) is 0 Å². The molecule has 3 nitrogen and oxygen atoms in total. The highest BCUT2D eigenvalue weighted by Gasteiger charge is 2.05. The number of aromatic nitrogens is 1. The molecule has 56 valence electrons. The van der Waals surface area contributed by atoms with Crippen molar-refractivity contribution in [1.82, 2.24) is 4.98 Å². The summed E-state index contributed by atoms with van der Waals surface area (Å²) in [4.78, 5) is 3.73. The van der Waals surface area contributed by atoms with Gasteiger partial charge in [0, 0.05) is 0 Å². The number of furan rings is 1. The van der Waals surface area contributed by atoms with Gasteiger partial charge in [-0.2, -0.15) is 0 Å². The van der Waals surface area contributed by atoms with Crippen molar-refractivity contribution in [2.45, 2.75) is 0 Å². The Balaban J connectivity index is 2.96. The van der Waals surface area contributed by atoms with Crippen LogP contribution in [-0.4, -0.2) is 10.1 Å². The fourth-order valence-electron chi connectivity index (χ4n) is 0.912. The minimum absolute atomic E-state index is 0.0816. The zero-order valence-corrected chi connectivity index (χ0v) is 6.17. The molecule has 0 atom stereocenters. The van der Waals surface area contributed by atoms with Gasteiger partial charge in [0.1, 0.15) is 23.4 Å². The molecule has 0 aliphatic rings. The van der Waals surface area contributed by atoms with Crippen LogP contribution in [0, 0.1) is 0 Å². The van der Waals surface area contributed by atoms with Crippen LogP contribution in [0.1, 0.15) is 0 Å². The van der Waals surface area contributed by atoms with Gasteiger partial charge < -0.3 is 9.52 Å². The molecule has 1 N–H and O–H groups in total. The first-order valence-electron chi connectivity index (χ1n) is 2.98. The molecule has 0 amide bonds. The fourth-order valence-corrected chi connectivity index (χ4v) is 1.11. The second-order valence-electron chi connectivity index (χ2n) is 2.13. The van der Waals surface area contributed by atoms with Gasteiger partial charge >= 0.3 is 0 Å². The number of aromatic hydroxyl groups is 1. The van der Waals surface area contributed by atoms with Crippen LogP contribution in [0.5, 0.6) is 5.75 Å². The third kappa shape index (κ3) is 0.851. The van der Waals surface area contributed by atoms with Gasteiger partial charge in [-0.25, -0.2) is 4.98 Å². The van der Waals surface area contributed by atoms with E-state index in [1.807, 2.05) is 0 Å². The lowest BCUT2D eigenvalue weighted by atomic mass is 10.3. The van der Waals surface area contributed by atoms with Crippen molar-refractivity contribution >= 4 is 22.4 Å². The van der Waals surface area contributed by atoms with Crippen LogP contribution in [0.4, 0.5) is 0 Å². The lowest BCUT2D eigenvalue weighted by molar-refractivity contribution is 0.478. The smallest absolute Gasteiger partial charge is 0.145 e. The summed E-state index contributed by atoms with van der Waals surface area (Å²) in [6, 6.07) is 0. The van der Waals surface area contributed by atoms with E-state index in [0.717, 1.165) is 0 Å². The van der Waals surface area contributed by atoms with Crippen LogP contribution in [0.2, 0.25) is 5.15 Å². The van der Waals surface area contributed by atoms with E-state index in [1.165, 1.54) is 18.7 Å². The highest BCUT2D eigenvalue weighted by Crippen LogP contribution is 2.28. The number of hydrogen-bond acceptors (Lipinski definition) is 3. The van der Waals surface area contributed by atoms with E-state index in [0.29, 0.717) is 15.9 Å². The van der Waals surface area contributed by atoms with E-state index >= 15 is 0 Å². The summed E-state index contributed by atoms with van der Waals surface area (Å²) in [5, 5.41) is 10.8. The number of pyridine rings is 1. The van der Waals surface area contributed by atoms with Crippen LogP contribution >= 0.6 is 11.6 Å². The number of fused-ring (bicyclic) bond motifs is 1. The molecule has 0 unspecified atom stereocenters. The summed E-state index contributed by atoms with van der Waals surface area (Å²) >= 11 is 5.69. The second-order valence-corrected chi connectivity index (χ2v) is 2.49. The van der Waals surface area contributed by atoms with Gasteiger partial charge in [-0.3, -0.25) is 0 Å². The van der Waals surface area contributed by atoms with Crippen LogP contribution in [-0.2, 0) is 0 Å². The maximum atomic E-state index is 9.20. The first-order chi connectivity index (χ1) is 5.29. The molecule has 0 spiro atoms. The molecule has 0 aliphatic heterocycles. The van der Waals surface area contributed by atoms with Gasteiger partial charge in [0.2, 0.25) is 0 Å². The van der Waals surface area contributed by atoms with Crippen LogP contribution in [0.15, 0.2) is 23.1 Å². The van der Waals surface area contributed by atoms with E-state index < -0.39 is 0 Å². The summed E-state index contributed by atoms with van der Waals surface area (Å²) < 4.78 is 4.84. The van der Waals surface area contributed by atoms with E-state index in [1.54, 1.807) is 0 Å². The summed E-state index contributed by atoms with van der Waals surface area (Å²) in [7, 11) is 0. The van der Waals surface area contributed by atoms with Gasteiger partial charge in [0.25, 0.3) is 0 Å². The van der Waals surface area contributed by atoms with Gasteiger partial charge in [-0.15, -0.1) is 0 Å². The molecular formula is C7H4ClNO2. The van der Waals surface area contributed by atoms with Crippen molar-refractivity contribution < 1.29 is 9.52 Å². The molecule has 11 heavy (non-hydrogen) atoms. The lowest BCUT2D eigenvalue weighted by Crippen LogP contribution is -1.74. The van der Waals surface area contributed by atoms with Crippen molar-refractivity contribution in [3.8, 4) is 5.75 Å². The average Bonchev–Trinajstić information content (AvgIpc) is 2.45. The van der Waals surface area contributed by atoms with Crippen LogP contribution in [0.3, 0.4) is 0 Å². The standard InChI is InChI=1S/C7H4ClNO2/c8-7-5-3-11-2-4(5)6(10)1-9-7/h1-3,10H. The van der Waals surface area contributed by atoms with E-state index in [2.05, 4.69) is 4.98 Å². The Morgan fingerprint density at radius 3 is 2.82 bits per heavy atom. The van der Waals surface area contributed by atoms with Gasteiger partial charge in [0.15, 0.2) is 0 Å². The molecule has 2 aromatic heterocycles. The Hall–Kier alpha value is -1.22. The Morgan fingerprint density at radius 1 is 1.36 bits per heavy atom. The zero-order chi connectivity index (χ0) is 7.84. The molecule has 2 rings (SSSR count). The molecule has 0 saturated carbocycles. The van der Waals surface area contributed by atoms with Crippen molar-refractivity contribution in [2.75, 3.05) is 0 Å². The maximum absolute atomic E-state index is 9.20. The predicted octanol–water partition coefficient (Wildman–Crippen LogP) is 2.19. The monoisotopic (exact) mass is 169 g/mol. The molecule has 2 aromatic rings. The highest BCUT2D eigenvalue weighted by molar-refractivity contribution is 6.34. The Kier molecular flexibility index (Phi) is 1.26.